The van der Waals surface area contributed by atoms with Crippen molar-refractivity contribution in [3.05, 3.63) is 83.5 Å². The van der Waals surface area contributed by atoms with Crippen LogP contribution in [0.5, 0.6) is 17.2 Å². The topological polar surface area (TPSA) is 109 Å². The van der Waals surface area contributed by atoms with Crippen LogP contribution < -0.4 is 29.1 Å². The number of thiazole rings is 1. The van der Waals surface area contributed by atoms with Crippen molar-refractivity contribution in [2.75, 3.05) is 40.5 Å². The molecule has 0 N–H and O–H groups in total. The molecule has 0 bridgehead atoms. The molecule has 43 heavy (non-hydrogen) atoms. The van der Waals surface area contributed by atoms with Gasteiger partial charge in [-0.05, 0) is 68.7 Å². The van der Waals surface area contributed by atoms with Gasteiger partial charge < -0.3 is 23.8 Å². The van der Waals surface area contributed by atoms with Crippen molar-refractivity contribution in [2.45, 2.75) is 32.7 Å². The Morgan fingerprint density at radius 2 is 1.79 bits per heavy atom. The molecule has 3 heterocycles. The zero-order chi connectivity index (χ0) is 30.7. The molecule has 0 saturated carbocycles. The lowest BCUT2D eigenvalue weighted by atomic mass is 9.95. The smallest absolute Gasteiger partial charge is 0.338 e. The van der Waals surface area contributed by atoms with Gasteiger partial charge in [-0.1, -0.05) is 29.0 Å². The van der Waals surface area contributed by atoms with Crippen LogP contribution >= 0.6 is 22.9 Å². The molecule has 1 atom stereocenters. The molecule has 0 spiro atoms. The number of esters is 1. The summed E-state index contributed by atoms with van der Waals surface area (Å²) in [6.07, 6.45) is 3.74. The summed E-state index contributed by atoms with van der Waals surface area (Å²) in [6.45, 7) is 5.01. The summed E-state index contributed by atoms with van der Waals surface area (Å²) in [4.78, 5) is 46.4. The zero-order valence-electron chi connectivity index (χ0n) is 24.3. The molecule has 1 amide bonds. The third kappa shape index (κ3) is 6.18. The summed E-state index contributed by atoms with van der Waals surface area (Å²) in [6, 6.07) is 9.41. The highest BCUT2D eigenvalue weighted by Crippen LogP contribution is 2.37. The maximum absolute atomic E-state index is 14.0. The van der Waals surface area contributed by atoms with E-state index in [9.17, 15) is 14.4 Å². The van der Waals surface area contributed by atoms with Gasteiger partial charge in [0.2, 0.25) is 0 Å². The van der Waals surface area contributed by atoms with Crippen LogP contribution in [-0.4, -0.2) is 61.9 Å². The lowest BCUT2D eigenvalue weighted by Gasteiger charge is -2.26. The minimum atomic E-state index is -0.871. The predicted octanol–water partition coefficient (Wildman–Crippen LogP) is 3.47. The van der Waals surface area contributed by atoms with Crippen molar-refractivity contribution < 1.29 is 28.5 Å². The van der Waals surface area contributed by atoms with E-state index in [4.69, 9.17) is 30.5 Å². The van der Waals surface area contributed by atoms with E-state index in [0.717, 1.165) is 25.9 Å². The number of rotatable bonds is 9. The maximum Gasteiger partial charge on any atom is 0.338 e. The molecule has 0 radical (unpaired) electrons. The lowest BCUT2D eigenvalue weighted by molar-refractivity contribution is -0.139. The van der Waals surface area contributed by atoms with Crippen LogP contribution in [-0.2, 0) is 14.3 Å². The van der Waals surface area contributed by atoms with Crippen LogP contribution in [0.25, 0.3) is 6.08 Å². The zero-order valence-corrected chi connectivity index (χ0v) is 25.9. The SMILES string of the molecule is CCOC(=O)C1=C(C)N=c2s/c(=C\c3ccc(OCC(=O)N4CCCC4)c(OC)c3)c(=O)n2[C@@H]1c1cc(Cl)ccc1OC. The quantitative estimate of drug-likeness (QED) is 0.335. The van der Waals surface area contributed by atoms with Crippen LogP contribution in [0, 0.1) is 0 Å². The standard InChI is InChI=1S/C31H32ClN3O7S/c1-5-41-30(38)27-18(2)33-31-35(28(27)21-16-20(32)9-11-22(21)39-3)29(37)25(43-31)15-19-8-10-23(24(14-19)40-4)42-17-26(36)34-12-6-7-13-34/h8-11,14-16,28H,5-7,12-13,17H2,1-4H3/b25-15-/t28-/m1/s1. The Balaban J connectivity index is 1.55. The summed E-state index contributed by atoms with van der Waals surface area (Å²) in [5.41, 5.74) is 1.53. The summed E-state index contributed by atoms with van der Waals surface area (Å²) < 4.78 is 24.1. The highest BCUT2D eigenvalue weighted by Gasteiger charge is 2.35. The number of benzene rings is 2. The third-order valence-corrected chi connectivity index (χ3v) is 8.52. The van der Waals surface area contributed by atoms with Gasteiger partial charge in [-0.3, -0.25) is 14.2 Å². The molecule has 1 saturated heterocycles. The second kappa shape index (κ2) is 13.0. The Morgan fingerprint density at radius 1 is 1.07 bits per heavy atom. The Hall–Kier alpha value is -4.09. The molecule has 1 fully saturated rings. The molecule has 0 aliphatic carbocycles. The van der Waals surface area contributed by atoms with Crippen molar-refractivity contribution in [2.24, 2.45) is 4.99 Å². The first kappa shape index (κ1) is 30.4. The van der Waals surface area contributed by atoms with Crippen molar-refractivity contribution in [1.82, 2.24) is 9.47 Å². The van der Waals surface area contributed by atoms with E-state index in [1.165, 1.54) is 30.1 Å². The number of fused-ring (bicyclic) bond motifs is 1. The number of likely N-dealkylation sites (tertiary alicyclic amines) is 1. The molecule has 5 rings (SSSR count). The number of methoxy groups -OCH3 is 2. The third-order valence-electron chi connectivity index (χ3n) is 7.30. The summed E-state index contributed by atoms with van der Waals surface area (Å²) >= 11 is 7.56. The van der Waals surface area contributed by atoms with Gasteiger partial charge in [-0.15, -0.1) is 0 Å². The van der Waals surface area contributed by atoms with E-state index in [1.54, 1.807) is 61.2 Å². The van der Waals surface area contributed by atoms with Crippen molar-refractivity contribution in [1.29, 1.82) is 0 Å². The summed E-state index contributed by atoms with van der Waals surface area (Å²) in [7, 11) is 3.03. The van der Waals surface area contributed by atoms with Crippen LogP contribution in [0.15, 0.2) is 57.5 Å². The van der Waals surface area contributed by atoms with Gasteiger partial charge in [-0.25, -0.2) is 9.79 Å². The van der Waals surface area contributed by atoms with Gasteiger partial charge in [0, 0.05) is 23.7 Å². The Morgan fingerprint density at radius 3 is 2.49 bits per heavy atom. The van der Waals surface area contributed by atoms with Gasteiger partial charge >= 0.3 is 5.97 Å². The highest BCUT2D eigenvalue weighted by molar-refractivity contribution is 7.07. The number of hydrogen-bond acceptors (Lipinski definition) is 9. The van der Waals surface area contributed by atoms with Crippen LogP contribution in [0.4, 0.5) is 0 Å². The number of carbonyl (C=O) groups excluding carboxylic acids is 2. The molecule has 1 aromatic heterocycles. The van der Waals surface area contributed by atoms with E-state index in [2.05, 4.69) is 4.99 Å². The van der Waals surface area contributed by atoms with Crippen molar-refractivity contribution in [3.63, 3.8) is 0 Å². The first-order valence-corrected chi connectivity index (χ1v) is 15.1. The number of allylic oxidation sites excluding steroid dienone is 1. The fourth-order valence-corrected chi connectivity index (χ4v) is 6.47. The van der Waals surface area contributed by atoms with Crippen molar-refractivity contribution in [3.8, 4) is 17.2 Å². The molecule has 0 unspecified atom stereocenters. The molecule has 10 nitrogen and oxygen atoms in total. The average molecular weight is 626 g/mol. The molecule has 12 heteroatoms. The Labute approximate surface area is 257 Å². The minimum absolute atomic E-state index is 0.0619. The number of nitrogens with zero attached hydrogens (tertiary/aromatic N) is 3. The molecular formula is C31H32ClN3O7S. The summed E-state index contributed by atoms with van der Waals surface area (Å²) in [5.74, 6) is 0.680. The monoisotopic (exact) mass is 625 g/mol. The van der Waals surface area contributed by atoms with Gasteiger partial charge in [0.1, 0.15) is 11.8 Å². The normalized spacial score (nSPS) is 16.5. The first-order chi connectivity index (χ1) is 20.7. The number of hydrogen-bond donors (Lipinski definition) is 0. The fourth-order valence-electron chi connectivity index (χ4n) is 5.25. The number of aromatic nitrogens is 1. The number of carbonyl (C=O) groups is 2. The average Bonchev–Trinajstić information content (AvgIpc) is 3.64. The van der Waals surface area contributed by atoms with E-state index in [0.29, 0.717) is 48.4 Å². The molecular weight excluding hydrogens is 594 g/mol. The maximum atomic E-state index is 14.0. The number of amides is 1. The van der Waals surface area contributed by atoms with Crippen LogP contribution in [0.1, 0.15) is 43.9 Å². The van der Waals surface area contributed by atoms with Crippen LogP contribution in [0.2, 0.25) is 5.02 Å². The Bertz CT molecular complexity index is 1770. The van der Waals surface area contributed by atoms with Gasteiger partial charge in [0.15, 0.2) is 22.9 Å². The van der Waals surface area contributed by atoms with Gasteiger partial charge in [0.25, 0.3) is 11.5 Å². The minimum Gasteiger partial charge on any atom is -0.496 e. The van der Waals surface area contributed by atoms with Gasteiger partial charge in [-0.2, -0.15) is 0 Å². The second-order valence-corrected chi connectivity index (χ2v) is 11.4. The van der Waals surface area contributed by atoms with E-state index in [-0.39, 0.29) is 30.3 Å². The fraction of sp³-hybridized carbons (Fsp3) is 0.355. The van der Waals surface area contributed by atoms with E-state index in [1.807, 2.05) is 0 Å². The molecule has 3 aromatic rings. The van der Waals surface area contributed by atoms with E-state index >= 15 is 0 Å². The van der Waals surface area contributed by atoms with Crippen LogP contribution in [0.3, 0.4) is 0 Å². The van der Waals surface area contributed by atoms with Crippen molar-refractivity contribution >= 4 is 40.9 Å². The number of halogens is 1. The van der Waals surface area contributed by atoms with E-state index < -0.39 is 12.0 Å². The highest BCUT2D eigenvalue weighted by atomic mass is 35.5. The number of ether oxygens (including phenoxy) is 4. The summed E-state index contributed by atoms with van der Waals surface area (Å²) in [5, 5.41) is 0.423. The largest absolute Gasteiger partial charge is 0.496 e. The first-order valence-electron chi connectivity index (χ1n) is 13.9. The predicted molar refractivity (Wildman–Crippen MR) is 163 cm³/mol. The molecule has 226 valence electrons. The van der Waals surface area contributed by atoms with Gasteiger partial charge in [0.05, 0.1) is 36.6 Å². The molecule has 2 aliphatic heterocycles. The molecule has 2 aromatic carbocycles. The second-order valence-electron chi connectivity index (χ2n) is 9.98. The Kier molecular flexibility index (Phi) is 9.22. The molecule has 2 aliphatic rings. The lowest BCUT2D eigenvalue weighted by Crippen LogP contribution is -2.40.